The van der Waals surface area contributed by atoms with Gasteiger partial charge in [-0.2, -0.15) is 0 Å². The molecule has 0 bridgehead atoms. The van der Waals surface area contributed by atoms with Crippen molar-refractivity contribution in [2.45, 2.75) is 13.0 Å². The first-order chi connectivity index (χ1) is 10.6. The Morgan fingerprint density at radius 3 is 2.32 bits per heavy atom. The standard InChI is InChI=1S/C17H17ClN2O2/c1-12(13-5-3-2-4-6-13)20-16(21)11-19-17(22)14-7-9-15(18)10-8-14/h2-10,12H,11H2,1H3,(H,19,22)(H,20,21)/t12-/m0/s1. The Bertz CT molecular complexity index is 641. The largest absolute Gasteiger partial charge is 0.348 e. The molecule has 0 heterocycles. The van der Waals surface area contributed by atoms with Gasteiger partial charge in [-0.1, -0.05) is 41.9 Å². The highest BCUT2D eigenvalue weighted by molar-refractivity contribution is 6.30. The van der Waals surface area contributed by atoms with Crippen molar-refractivity contribution in [3.63, 3.8) is 0 Å². The summed E-state index contributed by atoms with van der Waals surface area (Å²) in [5.74, 6) is -0.544. The van der Waals surface area contributed by atoms with Gasteiger partial charge in [-0.3, -0.25) is 9.59 Å². The van der Waals surface area contributed by atoms with E-state index in [1.54, 1.807) is 24.3 Å². The van der Waals surface area contributed by atoms with Gasteiger partial charge < -0.3 is 10.6 Å². The number of halogens is 1. The van der Waals surface area contributed by atoms with Crippen molar-refractivity contribution in [2.75, 3.05) is 6.54 Å². The third-order valence-electron chi connectivity index (χ3n) is 3.19. The maximum absolute atomic E-state index is 11.9. The number of amides is 2. The lowest BCUT2D eigenvalue weighted by Crippen LogP contribution is -2.38. The molecule has 4 nitrogen and oxygen atoms in total. The van der Waals surface area contributed by atoms with Crippen LogP contribution in [0.25, 0.3) is 0 Å². The predicted octanol–water partition coefficient (Wildman–Crippen LogP) is 2.95. The summed E-state index contributed by atoms with van der Waals surface area (Å²) < 4.78 is 0. The quantitative estimate of drug-likeness (QED) is 0.891. The number of rotatable bonds is 5. The van der Waals surface area contributed by atoms with Gasteiger partial charge in [-0.15, -0.1) is 0 Å². The summed E-state index contributed by atoms with van der Waals surface area (Å²) in [5, 5.41) is 5.98. The monoisotopic (exact) mass is 316 g/mol. The van der Waals surface area contributed by atoms with Gasteiger partial charge in [0.15, 0.2) is 0 Å². The van der Waals surface area contributed by atoms with Crippen molar-refractivity contribution in [3.05, 3.63) is 70.7 Å². The number of hydrogen-bond donors (Lipinski definition) is 2. The molecule has 0 unspecified atom stereocenters. The Labute approximate surface area is 134 Å². The number of nitrogens with one attached hydrogen (secondary N) is 2. The van der Waals surface area contributed by atoms with E-state index in [1.807, 2.05) is 37.3 Å². The summed E-state index contributed by atoms with van der Waals surface area (Å²) in [6.45, 7) is 1.83. The summed E-state index contributed by atoms with van der Waals surface area (Å²) in [4.78, 5) is 23.8. The number of carbonyl (C=O) groups excluding carboxylic acids is 2. The number of carbonyl (C=O) groups is 2. The van der Waals surface area contributed by atoms with Crippen LogP contribution in [0.2, 0.25) is 5.02 Å². The lowest BCUT2D eigenvalue weighted by atomic mass is 10.1. The molecule has 0 saturated carbocycles. The molecule has 2 amide bonds. The fraction of sp³-hybridized carbons (Fsp3) is 0.176. The van der Waals surface area contributed by atoms with Crippen molar-refractivity contribution in [2.24, 2.45) is 0 Å². The van der Waals surface area contributed by atoms with Crippen LogP contribution in [-0.2, 0) is 4.79 Å². The van der Waals surface area contributed by atoms with Crippen LogP contribution in [0.1, 0.15) is 28.9 Å². The molecule has 0 aliphatic rings. The van der Waals surface area contributed by atoms with Crippen molar-refractivity contribution >= 4 is 23.4 Å². The SMILES string of the molecule is C[C@H](NC(=O)CNC(=O)c1ccc(Cl)cc1)c1ccccc1. The van der Waals surface area contributed by atoms with Gasteiger partial charge in [0.1, 0.15) is 0 Å². The first kappa shape index (κ1) is 16.0. The van der Waals surface area contributed by atoms with Crippen LogP contribution in [0.4, 0.5) is 0 Å². The van der Waals surface area contributed by atoms with Gasteiger partial charge in [-0.05, 0) is 36.8 Å². The van der Waals surface area contributed by atoms with Gasteiger partial charge in [0, 0.05) is 10.6 Å². The maximum atomic E-state index is 11.9. The minimum Gasteiger partial charge on any atom is -0.348 e. The molecule has 0 spiro atoms. The molecule has 0 aromatic heterocycles. The third kappa shape index (κ3) is 4.60. The van der Waals surface area contributed by atoms with Gasteiger partial charge in [0.2, 0.25) is 5.91 Å². The summed E-state index contributed by atoms with van der Waals surface area (Å²) in [6.07, 6.45) is 0. The van der Waals surface area contributed by atoms with Gasteiger partial charge in [0.05, 0.1) is 12.6 Å². The van der Waals surface area contributed by atoms with E-state index in [2.05, 4.69) is 10.6 Å². The van der Waals surface area contributed by atoms with Gasteiger partial charge in [-0.25, -0.2) is 0 Å². The lowest BCUT2D eigenvalue weighted by Gasteiger charge is -2.14. The first-order valence-electron chi connectivity index (χ1n) is 6.94. The second kappa shape index (κ2) is 7.61. The molecule has 0 radical (unpaired) electrons. The van der Waals surface area contributed by atoms with Crippen LogP contribution >= 0.6 is 11.6 Å². The molecular formula is C17H17ClN2O2. The zero-order valence-electron chi connectivity index (χ0n) is 12.2. The summed E-state index contributed by atoms with van der Waals surface area (Å²) >= 11 is 5.76. The topological polar surface area (TPSA) is 58.2 Å². The van der Waals surface area contributed by atoms with E-state index in [-0.39, 0.29) is 24.4 Å². The molecule has 2 rings (SSSR count). The van der Waals surface area contributed by atoms with Crippen molar-refractivity contribution < 1.29 is 9.59 Å². The van der Waals surface area contributed by atoms with E-state index in [1.165, 1.54) is 0 Å². The summed E-state index contributed by atoms with van der Waals surface area (Å²) in [6, 6.07) is 16.0. The molecule has 1 atom stereocenters. The molecule has 114 valence electrons. The lowest BCUT2D eigenvalue weighted by molar-refractivity contribution is -0.120. The first-order valence-corrected chi connectivity index (χ1v) is 7.32. The molecule has 0 saturated heterocycles. The predicted molar refractivity (Wildman–Crippen MR) is 86.8 cm³/mol. The molecule has 22 heavy (non-hydrogen) atoms. The van der Waals surface area contributed by atoms with E-state index >= 15 is 0 Å². The molecule has 2 aromatic rings. The Kier molecular flexibility index (Phi) is 5.55. The zero-order chi connectivity index (χ0) is 15.9. The number of hydrogen-bond acceptors (Lipinski definition) is 2. The Hall–Kier alpha value is -2.33. The van der Waals surface area contributed by atoms with Crippen molar-refractivity contribution in [1.82, 2.24) is 10.6 Å². The zero-order valence-corrected chi connectivity index (χ0v) is 12.9. The highest BCUT2D eigenvalue weighted by Gasteiger charge is 2.11. The Morgan fingerprint density at radius 2 is 1.68 bits per heavy atom. The second-order valence-electron chi connectivity index (χ2n) is 4.89. The van der Waals surface area contributed by atoms with Gasteiger partial charge >= 0.3 is 0 Å². The third-order valence-corrected chi connectivity index (χ3v) is 3.44. The fourth-order valence-electron chi connectivity index (χ4n) is 1.98. The molecule has 0 fully saturated rings. The molecular weight excluding hydrogens is 300 g/mol. The molecule has 0 aliphatic heterocycles. The Balaban J connectivity index is 1.82. The summed E-state index contributed by atoms with van der Waals surface area (Å²) in [5.41, 5.74) is 1.48. The van der Waals surface area contributed by atoms with E-state index in [0.717, 1.165) is 5.56 Å². The van der Waals surface area contributed by atoms with Crippen LogP contribution in [0.3, 0.4) is 0 Å². The smallest absolute Gasteiger partial charge is 0.251 e. The molecule has 2 N–H and O–H groups in total. The molecule has 0 aliphatic carbocycles. The van der Waals surface area contributed by atoms with Crippen LogP contribution in [0.15, 0.2) is 54.6 Å². The van der Waals surface area contributed by atoms with Crippen molar-refractivity contribution in [1.29, 1.82) is 0 Å². The van der Waals surface area contributed by atoms with Crippen molar-refractivity contribution in [3.8, 4) is 0 Å². The molecule has 5 heteroatoms. The summed E-state index contributed by atoms with van der Waals surface area (Å²) in [7, 11) is 0. The van der Waals surface area contributed by atoms with Gasteiger partial charge in [0.25, 0.3) is 5.91 Å². The van der Waals surface area contributed by atoms with E-state index < -0.39 is 0 Å². The average Bonchev–Trinajstić information content (AvgIpc) is 2.54. The molecule has 2 aromatic carbocycles. The van der Waals surface area contributed by atoms with Crippen LogP contribution in [-0.4, -0.2) is 18.4 Å². The minimum absolute atomic E-state index is 0.0708. The van der Waals surface area contributed by atoms with Crippen LogP contribution in [0.5, 0.6) is 0 Å². The van der Waals surface area contributed by atoms with E-state index in [9.17, 15) is 9.59 Å². The van der Waals surface area contributed by atoms with Crippen LogP contribution in [0, 0.1) is 0 Å². The highest BCUT2D eigenvalue weighted by atomic mass is 35.5. The second-order valence-corrected chi connectivity index (χ2v) is 5.33. The average molecular weight is 317 g/mol. The van der Waals surface area contributed by atoms with E-state index in [4.69, 9.17) is 11.6 Å². The normalized spacial score (nSPS) is 11.5. The fourth-order valence-corrected chi connectivity index (χ4v) is 2.11. The van der Waals surface area contributed by atoms with E-state index in [0.29, 0.717) is 10.6 Å². The van der Waals surface area contributed by atoms with Crippen LogP contribution < -0.4 is 10.6 Å². The number of benzene rings is 2. The minimum atomic E-state index is -0.306. The highest BCUT2D eigenvalue weighted by Crippen LogP contribution is 2.11. The Morgan fingerprint density at radius 1 is 1.05 bits per heavy atom. The maximum Gasteiger partial charge on any atom is 0.251 e.